The minimum absolute atomic E-state index is 0.162. The van der Waals surface area contributed by atoms with Crippen LogP contribution in [0.5, 0.6) is 5.75 Å². The van der Waals surface area contributed by atoms with E-state index in [1.54, 1.807) is 25.1 Å². The molecule has 1 heterocycles. The molecule has 0 radical (unpaired) electrons. The summed E-state index contributed by atoms with van der Waals surface area (Å²) in [6.45, 7) is 2.12. The van der Waals surface area contributed by atoms with E-state index < -0.39 is 23.5 Å². The van der Waals surface area contributed by atoms with Gasteiger partial charge in [-0.2, -0.15) is 0 Å². The lowest BCUT2D eigenvalue weighted by Gasteiger charge is -2.28. The summed E-state index contributed by atoms with van der Waals surface area (Å²) in [4.78, 5) is 23.3. The minimum atomic E-state index is -0.998. The fourth-order valence-electron chi connectivity index (χ4n) is 2.36. The SMILES string of the molecule is CC(Oc1cccc(Cl)c1Cl)C(=O)NC1(CC(=O)O)CCOC1. The molecule has 1 aliphatic heterocycles. The van der Waals surface area contributed by atoms with Crippen molar-refractivity contribution in [1.82, 2.24) is 5.32 Å². The molecular weight excluding hydrogens is 345 g/mol. The van der Waals surface area contributed by atoms with Crippen molar-refractivity contribution in [2.75, 3.05) is 13.2 Å². The summed E-state index contributed by atoms with van der Waals surface area (Å²) in [5.41, 5.74) is -0.904. The van der Waals surface area contributed by atoms with E-state index >= 15 is 0 Å². The zero-order valence-electron chi connectivity index (χ0n) is 12.5. The number of amides is 1. The maximum Gasteiger partial charge on any atom is 0.305 e. The van der Waals surface area contributed by atoms with Gasteiger partial charge in [0.2, 0.25) is 0 Å². The van der Waals surface area contributed by atoms with Gasteiger partial charge in [0, 0.05) is 6.61 Å². The molecule has 1 saturated heterocycles. The van der Waals surface area contributed by atoms with Crippen molar-refractivity contribution in [3.8, 4) is 5.75 Å². The van der Waals surface area contributed by atoms with Gasteiger partial charge in [-0.15, -0.1) is 0 Å². The second-order valence-electron chi connectivity index (χ2n) is 5.45. The quantitative estimate of drug-likeness (QED) is 0.812. The maximum absolute atomic E-state index is 12.3. The molecule has 0 aromatic heterocycles. The molecular formula is C15H17Cl2NO5. The Morgan fingerprint density at radius 2 is 2.22 bits per heavy atom. The van der Waals surface area contributed by atoms with Gasteiger partial charge < -0.3 is 19.9 Å². The van der Waals surface area contributed by atoms with Crippen LogP contribution in [0.25, 0.3) is 0 Å². The lowest BCUT2D eigenvalue weighted by atomic mass is 9.94. The van der Waals surface area contributed by atoms with Gasteiger partial charge in [-0.3, -0.25) is 9.59 Å². The molecule has 2 atom stereocenters. The average molecular weight is 362 g/mol. The second kappa shape index (κ2) is 7.38. The van der Waals surface area contributed by atoms with E-state index in [-0.39, 0.29) is 23.8 Å². The largest absolute Gasteiger partial charge is 0.481 e. The van der Waals surface area contributed by atoms with E-state index in [2.05, 4.69) is 5.32 Å². The molecule has 0 aliphatic carbocycles. The van der Waals surface area contributed by atoms with Crippen LogP contribution in [0.1, 0.15) is 19.8 Å². The van der Waals surface area contributed by atoms with Gasteiger partial charge >= 0.3 is 5.97 Å². The molecule has 1 fully saturated rings. The number of halogens is 2. The molecule has 1 aromatic rings. The van der Waals surface area contributed by atoms with Crippen LogP contribution in [-0.2, 0) is 14.3 Å². The second-order valence-corrected chi connectivity index (χ2v) is 6.24. The fourth-order valence-corrected chi connectivity index (χ4v) is 2.70. The molecule has 0 spiro atoms. The van der Waals surface area contributed by atoms with Crippen molar-refractivity contribution < 1.29 is 24.2 Å². The van der Waals surface area contributed by atoms with E-state index in [4.69, 9.17) is 37.8 Å². The molecule has 23 heavy (non-hydrogen) atoms. The van der Waals surface area contributed by atoms with Crippen LogP contribution in [0.3, 0.4) is 0 Å². The van der Waals surface area contributed by atoms with E-state index in [1.807, 2.05) is 0 Å². The smallest absolute Gasteiger partial charge is 0.305 e. The first-order chi connectivity index (χ1) is 10.8. The fraction of sp³-hybridized carbons (Fsp3) is 0.467. The summed E-state index contributed by atoms with van der Waals surface area (Å²) < 4.78 is 10.8. The number of carbonyl (C=O) groups is 2. The number of ether oxygens (including phenoxy) is 2. The van der Waals surface area contributed by atoms with Crippen LogP contribution in [-0.4, -0.2) is 41.8 Å². The number of carboxylic acids is 1. The van der Waals surface area contributed by atoms with Gasteiger partial charge in [0.05, 0.1) is 23.6 Å². The van der Waals surface area contributed by atoms with Crippen LogP contribution < -0.4 is 10.1 Å². The highest BCUT2D eigenvalue weighted by Gasteiger charge is 2.39. The predicted octanol–water partition coefficient (Wildman–Crippen LogP) is 2.51. The number of aliphatic carboxylic acids is 1. The van der Waals surface area contributed by atoms with Crippen molar-refractivity contribution in [2.45, 2.75) is 31.4 Å². The lowest BCUT2D eigenvalue weighted by molar-refractivity contribution is -0.139. The highest BCUT2D eigenvalue weighted by Crippen LogP contribution is 2.32. The Bertz CT molecular complexity index is 602. The number of hydrogen-bond donors (Lipinski definition) is 2. The van der Waals surface area contributed by atoms with Crippen LogP contribution >= 0.6 is 23.2 Å². The van der Waals surface area contributed by atoms with E-state index in [0.717, 1.165) is 0 Å². The van der Waals surface area contributed by atoms with E-state index in [9.17, 15) is 9.59 Å². The molecule has 8 heteroatoms. The Balaban J connectivity index is 2.04. The standard InChI is InChI=1S/C15H17Cl2NO5/c1-9(23-11-4-2-3-10(16)13(11)17)14(21)18-15(7-12(19)20)5-6-22-8-15/h2-4,9H,5-8H2,1H3,(H,18,21)(H,19,20). The van der Waals surface area contributed by atoms with Crippen molar-refractivity contribution in [1.29, 1.82) is 0 Å². The number of rotatable bonds is 6. The number of hydrogen-bond acceptors (Lipinski definition) is 4. The maximum atomic E-state index is 12.3. The first kappa shape index (κ1) is 17.8. The third-order valence-corrected chi connectivity index (χ3v) is 4.37. The highest BCUT2D eigenvalue weighted by atomic mass is 35.5. The lowest BCUT2D eigenvalue weighted by Crippen LogP contribution is -2.53. The molecule has 0 bridgehead atoms. The van der Waals surface area contributed by atoms with Gasteiger partial charge in [0.1, 0.15) is 10.8 Å². The summed E-state index contributed by atoms with van der Waals surface area (Å²) in [5.74, 6) is -1.15. The zero-order valence-corrected chi connectivity index (χ0v) is 14.0. The van der Waals surface area contributed by atoms with Gasteiger partial charge in [-0.05, 0) is 25.5 Å². The summed E-state index contributed by atoms with van der Waals surface area (Å²) >= 11 is 11.9. The Morgan fingerprint density at radius 1 is 1.48 bits per heavy atom. The van der Waals surface area contributed by atoms with Gasteiger partial charge in [0.15, 0.2) is 6.10 Å². The summed E-state index contributed by atoms with van der Waals surface area (Å²) in [6, 6.07) is 4.87. The Labute approximate surface area is 143 Å². The average Bonchev–Trinajstić information content (AvgIpc) is 2.91. The van der Waals surface area contributed by atoms with Gasteiger partial charge in [0.25, 0.3) is 5.91 Å². The molecule has 2 N–H and O–H groups in total. The number of carboxylic acid groups (broad SMARTS) is 1. The number of nitrogens with one attached hydrogen (secondary N) is 1. The van der Waals surface area contributed by atoms with Crippen molar-refractivity contribution in [3.05, 3.63) is 28.2 Å². The molecule has 1 amide bonds. The molecule has 126 valence electrons. The predicted molar refractivity (Wildman–Crippen MR) is 85.1 cm³/mol. The topological polar surface area (TPSA) is 84.9 Å². The van der Waals surface area contributed by atoms with Crippen LogP contribution in [0.15, 0.2) is 18.2 Å². The Hall–Kier alpha value is -1.50. The third kappa shape index (κ3) is 4.50. The summed E-state index contributed by atoms with van der Waals surface area (Å²) in [7, 11) is 0. The highest BCUT2D eigenvalue weighted by molar-refractivity contribution is 6.42. The molecule has 2 unspecified atom stereocenters. The molecule has 1 aromatic carbocycles. The van der Waals surface area contributed by atoms with Gasteiger partial charge in [-0.25, -0.2) is 0 Å². The van der Waals surface area contributed by atoms with Crippen molar-refractivity contribution in [3.63, 3.8) is 0 Å². The first-order valence-corrected chi connectivity index (χ1v) is 7.81. The van der Waals surface area contributed by atoms with Crippen LogP contribution in [0, 0.1) is 0 Å². The van der Waals surface area contributed by atoms with E-state index in [0.29, 0.717) is 18.1 Å². The summed E-state index contributed by atoms with van der Waals surface area (Å²) in [6.07, 6.45) is -0.628. The Morgan fingerprint density at radius 3 is 2.83 bits per heavy atom. The monoisotopic (exact) mass is 361 g/mol. The molecule has 0 saturated carbocycles. The third-order valence-electron chi connectivity index (χ3n) is 3.57. The van der Waals surface area contributed by atoms with Crippen LogP contribution in [0.4, 0.5) is 0 Å². The summed E-state index contributed by atoms with van der Waals surface area (Å²) in [5, 5.41) is 12.3. The normalized spacial score (nSPS) is 21.7. The molecule has 2 rings (SSSR count). The number of benzene rings is 1. The van der Waals surface area contributed by atoms with Crippen molar-refractivity contribution in [2.24, 2.45) is 0 Å². The van der Waals surface area contributed by atoms with Crippen LogP contribution in [0.2, 0.25) is 10.0 Å². The Kier molecular flexibility index (Phi) is 5.73. The number of carbonyl (C=O) groups excluding carboxylic acids is 1. The van der Waals surface area contributed by atoms with Crippen molar-refractivity contribution >= 4 is 35.1 Å². The minimum Gasteiger partial charge on any atom is -0.481 e. The van der Waals surface area contributed by atoms with Gasteiger partial charge in [-0.1, -0.05) is 29.3 Å². The zero-order chi connectivity index (χ0) is 17.0. The molecule has 1 aliphatic rings. The first-order valence-electron chi connectivity index (χ1n) is 7.05. The molecule has 6 nitrogen and oxygen atoms in total. The van der Waals surface area contributed by atoms with E-state index in [1.165, 1.54) is 0 Å².